The van der Waals surface area contributed by atoms with Gasteiger partial charge in [-0.15, -0.1) is 0 Å². The van der Waals surface area contributed by atoms with Crippen LogP contribution in [-0.2, 0) is 28.6 Å². The van der Waals surface area contributed by atoms with E-state index in [2.05, 4.69) is 6.58 Å². The number of ether oxygens (including phenoxy) is 5. The van der Waals surface area contributed by atoms with Crippen LogP contribution in [0.1, 0.15) is 19.3 Å². The SMILES string of the molecule is C=C1C=CC(=O)N1c1ccc(OCCOCCOCCCCCOCCOc2ccc(N3C(=O)C=CC3=O)cc2)cc1. The average molecular weight is 577 g/mol. The highest BCUT2D eigenvalue weighted by Crippen LogP contribution is 2.26. The molecule has 2 heterocycles. The van der Waals surface area contributed by atoms with Crippen molar-refractivity contribution in [3.63, 3.8) is 0 Å². The average Bonchev–Trinajstić information content (AvgIpc) is 3.52. The smallest absolute Gasteiger partial charge is 0.258 e. The molecule has 2 aliphatic heterocycles. The lowest BCUT2D eigenvalue weighted by atomic mass is 10.2. The molecule has 0 fully saturated rings. The minimum Gasteiger partial charge on any atom is -0.491 e. The zero-order chi connectivity index (χ0) is 29.6. The van der Waals surface area contributed by atoms with Gasteiger partial charge in [-0.05, 0) is 73.9 Å². The van der Waals surface area contributed by atoms with E-state index in [0.717, 1.165) is 29.8 Å². The fourth-order valence-corrected chi connectivity index (χ4v) is 4.23. The molecule has 10 heteroatoms. The van der Waals surface area contributed by atoms with Gasteiger partial charge in [-0.25, -0.2) is 4.90 Å². The number of carbonyl (C=O) groups is 3. The number of allylic oxidation sites excluding steroid dienone is 1. The standard InChI is InChI=1S/C32H36N2O8/c1-25-5-14-30(35)33(25)26-6-10-28(11-7-26)42-24-22-40-20-19-38-17-3-2-4-18-39-21-23-41-29-12-8-27(9-13-29)34-31(36)15-16-32(34)37/h5-16H,1-4,17-24H2. The Morgan fingerprint density at radius 1 is 0.476 bits per heavy atom. The van der Waals surface area contributed by atoms with Crippen LogP contribution in [0.25, 0.3) is 0 Å². The lowest BCUT2D eigenvalue weighted by molar-refractivity contribution is -0.120. The van der Waals surface area contributed by atoms with Crippen molar-refractivity contribution in [2.75, 3.05) is 62.7 Å². The lowest BCUT2D eigenvalue weighted by Crippen LogP contribution is -2.29. The summed E-state index contributed by atoms with van der Waals surface area (Å²) in [7, 11) is 0. The third-order valence-electron chi connectivity index (χ3n) is 6.37. The van der Waals surface area contributed by atoms with Gasteiger partial charge < -0.3 is 23.7 Å². The summed E-state index contributed by atoms with van der Waals surface area (Å²) in [5.74, 6) is 0.568. The highest BCUT2D eigenvalue weighted by Gasteiger charge is 2.25. The molecule has 0 aromatic heterocycles. The number of unbranched alkanes of at least 4 members (excludes halogenated alkanes) is 2. The molecule has 4 rings (SSSR count). The Bertz CT molecular complexity index is 1130. The Hall–Kier alpha value is -4.25. The van der Waals surface area contributed by atoms with Gasteiger partial charge in [0, 0.05) is 42.8 Å². The predicted molar refractivity (Wildman–Crippen MR) is 158 cm³/mol. The highest BCUT2D eigenvalue weighted by molar-refractivity contribution is 6.28. The Morgan fingerprint density at radius 3 is 1.36 bits per heavy atom. The summed E-state index contributed by atoms with van der Waals surface area (Å²) in [5.41, 5.74) is 1.92. The number of carbonyl (C=O) groups excluding carboxylic acids is 3. The molecule has 2 aliphatic rings. The second kappa shape index (κ2) is 16.3. The van der Waals surface area contributed by atoms with Gasteiger partial charge in [0.05, 0.1) is 32.1 Å². The molecule has 222 valence electrons. The summed E-state index contributed by atoms with van der Waals surface area (Å²) in [6.45, 7) is 8.02. The molecule has 10 nitrogen and oxygen atoms in total. The molecule has 0 N–H and O–H groups in total. The van der Waals surface area contributed by atoms with E-state index >= 15 is 0 Å². The maximum absolute atomic E-state index is 11.9. The van der Waals surface area contributed by atoms with E-state index in [-0.39, 0.29) is 17.7 Å². The lowest BCUT2D eigenvalue weighted by Gasteiger charge is -2.17. The second-order valence-corrected chi connectivity index (χ2v) is 9.43. The number of hydrogen-bond donors (Lipinski definition) is 0. The van der Waals surface area contributed by atoms with Crippen molar-refractivity contribution in [2.24, 2.45) is 0 Å². The van der Waals surface area contributed by atoms with Crippen molar-refractivity contribution in [2.45, 2.75) is 19.3 Å². The van der Waals surface area contributed by atoms with Crippen LogP contribution in [0.5, 0.6) is 11.5 Å². The quantitative estimate of drug-likeness (QED) is 0.181. The number of hydrogen-bond acceptors (Lipinski definition) is 8. The number of amides is 3. The second-order valence-electron chi connectivity index (χ2n) is 9.43. The summed E-state index contributed by atoms with van der Waals surface area (Å²) in [5, 5.41) is 0. The molecule has 0 atom stereocenters. The Morgan fingerprint density at radius 2 is 0.881 bits per heavy atom. The van der Waals surface area contributed by atoms with Crippen LogP contribution >= 0.6 is 0 Å². The van der Waals surface area contributed by atoms with Gasteiger partial charge in [0.2, 0.25) is 0 Å². The van der Waals surface area contributed by atoms with Gasteiger partial charge in [-0.1, -0.05) is 6.58 Å². The van der Waals surface area contributed by atoms with Crippen LogP contribution in [0, 0.1) is 0 Å². The van der Waals surface area contributed by atoms with Crippen molar-refractivity contribution in [3.05, 3.63) is 85.1 Å². The normalized spacial score (nSPS) is 14.5. The monoisotopic (exact) mass is 576 g/mol. The number of nitrogens with zero attached hydrogens (tertiary/aromatic N) is 2. The Labute approximate surface area is 245 Å². The summed E-state index contributed by atoms with van der Waals surface area (Å²) in [4.78, 5) is 38.0. The topological polar surface area (TPSA) is 104 Å². The van der Waals surface area contributed by atoms with Crippen molar-refractivity contribution in [3.8, 4) is 11.5 Å². The van der Waals surface area contributed by atoms with Crippen molar-refractivity contribution < 1.29 is 38.1 Å². The molecular formula is C32H36N2O8. The summed E-state index contributed by atoms with van der Waals surface area (Å²) in [6, 6.07) is 14.1. The third kappa shape index (κ3) is 9.13. The van der Waals surface area contributed by atoms with E-state index in [1.165, 1.54) is 18.2 Å². The first-order valence-corrected chi connectivity index (χ1v) is 14.0. The predicted octanol–water partition coefficient (Wildman–Crippen LogP) is 4.21. The Balaban J connectivity index is 0.912. The Kier molecular flexibility index (Phi) is 11.9. The molecule has 3 amide bonds. The van der Waals surface area contributed by atoms with Crippen LogP contribution in [0.2, 0.25) is 0 Å². The number of anilines is 2. The molecule has 0 saturated carbocycles. The van der Waals surface area contributed by atoms with E-state index in [1.807, 2.05) is 24.3 Å². The van der Waals surface area contributed by atoms with E-state index in [4.69, 9.17) is 23.7 Å². The van der Waals surface area contributed by atoms with Crippen molar-refractivity contribution >= 4 is 29.1 Å². The zero-order valence-electron chi connectivity index (χ0n) is 23.6. The van der Waals surface area contributed by atoms with E-state index < -0.39 is 0 Å². The molecule has 0 saturated heterocycles. The fourth-order valence-electron chi connectivity index (χ4n) is 4.23. The van der Waals surface area contributed by atoms with Crippen LogP contribution in [0.15, 0.2) is 85.1 Å². The van der Waals surface area contributed by atoms with E-state index in [1.54, 1.807) is 35.2 Å². The van der Waals surface area contributed by atoms with Crippen LogP contribution in [-0.4, -0.2) is 70.6 Å². The summed E-state index contributed by atoms with van der Waals surface area (Å²) < 4.78 is 28.1. The molecule has 0 unspecified atom stereocenters. The number of rotatable bonds is 19. The first-order chi connectivity index (χ1) is 20.5. The number of benzene rings is 2. The largest absolute Gasteiger partial charge is 0.491 e. The van der Waals surface area contributed by atoms with Crippen LogP contribution in [0.4, 0.5) is 11.4 Å². The maximum Gasteiger partial charge on any atom is 0.258 e. The van der Waals surface area contributed by atoms with Crippen LogP contribution < -0.4 is 19.3 Å². The molecule has 42 heavy (non-hydrogen) atoms. The maximum atomic E-state index is 11.9. The van der Waals surface area contributed by atoms with Gasteiger partial charge in [0.25, 0.3) is 17.7 Å². The number of imide groups is 1. The van der Waals surface area contributed by atoms with Gasteiger partial charge in [-0.3, -0.25) is 19.3 Å². The summed E-state index contributed by atoms with van der Waals surface area (Å²) >= 11 is 0. The minimum absolute atomic E-state index is 0.102. The van der Waals surface area contributed by atoms with Gasteiger partial charge in [0.15, 0.2) is 0 Å². The van der Waals surface area contributed by atoms with Crippen LogP contribution in [0.3, 0.4) is 0 Å². The minimum atomic E-state index is -0.344. The van der Waals surface area contributed by atoms with E-state index in [9.17, 15) is 14.4 Å². The molecular weight excluding hydrogens is 540 g/mol. The molecule has 0 spiro atoms. The molecule has 2 aromatic carbocycles. The van der Waals surface area contributed by atoms with Crippen molar-refractivity contribution in [1.82, 2.24) is 0 Å². The molecule has 0 radical (unpaired) electrons. The third-order valence-corrected chi connectivity index (χ3v) is 6.37. The zero-order valence-corrected chi connectivity index (χ0v) is 23.6. The van der Waals surface area contributed by atoms with Crippen molar-refractivity contribution in [1.29, 1.82) is 0 Å². The van der Waals surface area contributed by atoms with Gasteiger partial charge in [-0.2, -0.15) is 0 Å². The molecule has 2 aromatic rings. The van der Waals surface area contributed by atoms with Gasteiger partial charge >= 0.3 is 0 Å². The first-order valence-electron chi connectivity index (χ1n) is 14.0. The molecule has 0 bridgehead atoms. The fraction of sp³-hybridized carbons (Fsp3) is 0.344. The van der Waals surface area contributed by atoms with E-state index in [0.29, 0.717) is 75.7 Å². The van der Waals surface area contributed by atoms with Gasteiger partial charge in [0.1, 0.15) is 24.7 Å². The highest BCUT2D eigenvalue weighted by atomic mass is 16.5. The summed E-state index contributed by atoms with van der Waals surface area (Å²) in [6.07, 6.45) is 8.61. The first kappa shape index (κ1) is 30.7. The molecule has 0 aliphatic carbocycles.